The number of aromatic amines is 1. The fourth-order valence-corrected chi connectivity index (χ4v) is 2.73. The van der Waals surface area contributed by atoms with Crippen molar-refractivity contribution in [1.82, 2.24) is 19.7 Å². The van der Waals surface area contributed by atoms with Crippen LogP contribution >= 0.6 is 0 Å². The third kappa shape index (κ3) is 3.14. The number of fused-ring (bicyclic) bond motifs is 1. The number of hydrogen-bond donors (Lipinski definition) is 3. The van der Waals surface area contributed by atoms with Crippen LogP contribution in [0.15, 0.2) is 60.9 Å². The van der Waals surface area contributed by atoms with Gasteiger partial charge in [-0.1, -0.05) is 24.3 Å². The zero-order valence-electron chi connectivity index (χ0n) is 13.7. The number of benzene rings is 2. The van der Waals surface area contributed by atoms with Crippen molar-refractivity contribution in [2.45, 2.75) is 6.18 Å². The van der Waals surface area contributed by atoms with Gasteiger partial charge in [0.1, 0.15) is 23.0 Å². The molecule has 2 heterocycles. The lowest BCUT2D eigenvalue weighted by atomic mass is 10.2. The molecule has 3 N–H and O–H groups in total. The third-order valence-corrected chi connectivity index (χ3v) is 4.01. The summed E-state index contributed by atoms with van der Waals surface area (Å²) in [5.74, 6) is 0.298. The number of aromatic nitrogens is 4. The first kappa shape index (κ1) is 16.8. The van der Waals surface area contributed by atoms with Gasteiger partial charge in [-0.05, 0) is 30.3 Å². The van der Waals surface area contributed by atoms with Crippen molar-refractivity contribution in [1.29, 1.82) is 5.41 Å². The standard InChI is InChI=1S/C18H13F3N6/c19-18(20,21)11-5-4-6-12(9-11)24-17-14-15(22)27(10-23-16(14)25-26-17)13-7-2-1-3-8-13/h1-10,22H,(H2,24,25,26). The Labute approximate surface area is 150 Å². The molecule has 4 aromatic rings. The molecule has 136 valence electrons. The second-order valence-corrected chi connectivity index (χ2v) is 5.80. The SMILES string of the molecule is N=c1c2c(Nc3cccc(C(F)(F)F)c3)[nH]nc2ncn1-c1ccccc1. The first-order valence-corrected chi connectivity index (χ1v) is 7.93. The maximum absolute atomic E-state index is 12.9. The first-order valence-electron chi connectivity index (χ1n) is 7.93. The van der Waals surface area contributed by atoms with E-state index in [0.29, 0.717) is 16.9 Å². The van der Waals surface area contributed by atoms with E-state index in [-0.39, 0.29) is 11.2 Å². The van der Waals surface area contributed by atoms with Gasteiger partial charge in [-0.25, -0.2) is 4.98 Å². The second-order valence-electron chi connectivity index (χ2n) is 5.80. The molecule has 0 aliphatic rings. The number of alkyl halides is 3. The van der Waals surface area contributed by atoms with E-state index in [1.165, 1.54) is 18.5 Å². The predicted molar refractivity (Wildman–Crippen MR) is 93.8 cm³/mol. The molecular weight excluding hydrogens is 357 g/mol. The van der Waals surface area contributed by atoms with Crippen LogP contribution in [-0.4, -0.2) is 19.7 Å². The molecule has 2 aromatic carbocycles. The smallest absolute Gasteiger partial charge is 0.340 e. The van der Waals surface area contributed by atoms with E-state index in [4.69, 9.17) is 5.41 Å². The van der Waals surface area contributed by atoms with E-state index in [9.17, 15) is 13.2 Å². The van der Waals surface area contributed by atoms with Gasteiger partial charge in [-0.3, -0.25) is 15.1 Å². The molecule has 6 nitrogen and oxygen atoms in total. The number of hydrogen-bond acceptors (Lipinski definition) is 4. The Morgan fingerprint density at radius 1 is 1.04 bits per heavy atom. The van der Waals surface area contributed by atoms with Crippen molar-refractivity contribution in [2.75, 3.05) is 5.32 Å². The number of halogens is 3. The average Bonchev–Trinajstić information content (AvgIpc) is 3.06. The van der Waals surface area contributed by atoms with Gasteiger partial charge in [0.2, 0.25) is 0 Å². The highest BCUT2D eigenvalue weighted by Crippen LogP contribution is 2.31. The van der Waals surface area contributed by atoms with Crippen molar-refractivity contribution in [3.63, 3.8) is 0 Å². The van der Waals surface area contributed by atoms with Crippen molar-refractivity contribution in [2.24, 2.45) is 0 Å². The lowest BCUT2D eigenvalue weighted by molar-refractivity contribution is -0.137. The maximum Gasteiger partial charge on any atom is 0.416 e. The van der Waals surface area contributed by atoms with E-state index in [2.05, 4.69) is 20.5 Å². The van der Waals surface area contributed by atoms with Crippen molar-refractivity contribution < 1.29 is 13.2 Å². The molecule has 9 heteroatoms. The lowest BCUT2D eigenvalue weighted by Crippen LogP contribution is -2.19. The van der Waals surface area contributed by atoms with Crippen LogP contribution < -0.4 is 10.8 Å². The van der Waals surface area contributed by atoms with Crippen LogP contribution in [0, 0.1) is 5.41 Å². The molecule has 0 amide bonds. The molecule has 0 bridgehead atoms. The van der Waals surface area contributed by atoms with Gasteiger partial charge >= 0.3 is 6.18 Å². The summed E-state index contributed by atoms with van der Waals surface area (Å²) in [6.45, 7) is 0. The summed E-state index contributed by atoms with van der Waals surface area (Å²) in [7, 11) is 0. The van der Waals surface area contributed by atoms with E-state index in [1.807, 2.05) is 30.3 Å². The number of nitrogens with zero attached hydrogens (tertiary/aromatic N) is 3. The van der Waals surface area contributed by atoms with Crippen molar-refractivity contribution >= 4 is 22.5 Å². The lowest BCUT2D eigenvalue weighted by Gasteiger charge is -2.10. The molecule has 0 unspecified atom stereocenters. The predicted octanol–water partition coefficient (Wildman–Crippen LogP) is 3.99. The number of para-hydroxylation sites is 1. The molecule has 4 rings (SSSR count). The minimum Gasteiger partial charge on any atom is -0.340 e. The number of H-pyrrole nitrogens is 1. The van der Waals surface area contributed by atoms with Crippen LogP contribution in [0.5, 0.6) is 0 Å². The van der Waals surface area contributed by atoms with Gasteiger partial charge in [0.15, 0.2) is 5.65 Å². The Morgan fingerprint density at radius 2 is 1.81 bits per heavy atom. The van der Waals surface area contributed by atoms with E-state index >= 15 is 0 Å². The normalized spacial score (nSPS) is 11.7. The highest BCUT2D eigenvalue weighted by atomic mass is 19.4. The molecule has 2 aromatic heterocycles. The Morgan fingerprint density at radius 3 is 2.56 bits per heavy atom. The molecule has 0 aliphatic heterocycles. The molecule has 0 saturated carbocycles. The summed E-state index contributed by atoms with van der Waals surface area (Å²) in [4.78, 5) is 4.22. The third-order valence-electron chi connectivity index (χ3n) is 4.01. The number of rotatable bonds is 3. The fraction of sp³-hybridized carbons (Fsp3) is 0.0556. The molecule has 0 atom stereocenters. The van der Waals surface area contributed by atoms with Gasteiger partial charge in [-0.2, -0.15) is 18.3 Å². The molecule has 0 aliphatic carbocycles. The van der Waals surface area contributed by atoms with Crippen molar-refractivity contribution in [3.05, 3.63) is 72.0 Å². The van der Waals surface area contributed by atoms with Crippen LogP contribution in [-0.2, 0) is 6.18 Å². The van der Waals surface area contributed by atoms with Crippen molar-refractivity contribution in [3.8, 4) is 5.69 Å². The largest absolute Gasteiger partial charge is 0.416 e. The van der Waals surface area contributed by atoms with Gasteiger partial charge in [0.05, 0.1) is 5.56 Å². The van der Waals surface area contributed by atoms with Crippen LogP contribution in [0.25, 0.3) is 16.7 Å². The Hall–Kier alpha value is -3.62. The van der Waals surface area contributed by atoms with Gasteiger partial charge in [0.25, 0.3) is 0 Å². The summed E-state index contributed by atoms with van der Waals surface area (Å²) in [6, 6.07) is 14.0. The van der Waals surface area contributed by atoms with Crippen LogP contribution in [0.2, 0.25) is 0 Å². The maximum atomic E-state index is 12.9. The zero-order chi connectivity index (χ0) is 19.0. The second kappa shape index (κ2) is 6.27. The van der Waals surface area contributed by atoms with E-state index in [1.54, 1.807) is 4.57 Å². The number of nitrogens with one attached hydrogen (secondary N) is 3. The quantitative estimate of drug-likeness (QED) is 0.510. The monoisotopic (exact) mass is 370 g/mol. The average molecular weight is 370 g/mol. The molecular formula is C18H13F3N6. The van der Waals surface area contributed by atoms with Gasteiger partial charge in [-0.15, -0.1) is 0 Å². The minimum atomic E-state index is -4.44. The Bertz CT molecular complexity index is 1160. The summed E-state index contributed by atoms with van der Waals surface area (Å²) >= 11 is 0. The molecule has 0 radical (unpaired) electrons. The fourth-order valence-electron chi connectivity index (χ4n) is 2.73. The topological polar surface area (TPSA) is 82.4 Å². The number of anilines is 2. The molecule has 0 spiro atoms. The van der Waals surface area contributed by atoms with Gasteiger partial charge < -0.3 is 5.32 Å². The zero-order valence-corrected chi connectivity index (χ0v) is 13.7. The van der Waals surface area contributed by atoms with E-state index in [0.717, 1.165) is 17.8 Å². The highest BCUT2D eigenvalue weighted by Gasteiger charge is 2.30. The summed E-state index contributed by atoms with van der Waals surface area (Å²) in [5, 5.41) is 18.5. The van der Waals surface area contributed by atoms with E-state index < -0.39 is 11.7 Å². The van der Waals surface area contributed by atoms with Gasteiger partial charge in [0, 0.05) is 11.4 Å². The minimum absolute atomic E-state index is 0.106. The summed E-state index contributed by atoms with van der Waals surface area (Å²) in [5.41, 5.74) is 0.601. The highest BCUT2D eigenvalue weighted by molar-refractivity contribution is 5.88. The molecule has 27 heavy (non-hydrogen) atoms. The first-order chi connectivity index (χ1) is 12.9. The summed E-state index contributed by atoms with van der Waals surface area (Å²) in [6.07, 6.45) is -2.96. The van der Waals surface area contributed by atoms with Crippen LogP contribution in [0.3, 0.4) is 0 Å². The van der Waals surface area contributed by atoms with Crippen LogP contribution in [0.4, 0.5) is 24.7 Å². The van der Waals surface area contributed by atoms with Crippen LogP contribution in [0.1, 0.15) is 5.56 Å². The molecule has 0 fully saturated rings. The Balaban J connectivity index is 1.79. The summed E-state index contributed by atoms with van der Waals surface area (Å²) < 4.78 is 40.3. The Kier molecular flexibility index (Phi) is 3.91. The molecule has 0 saturated heterocycles.